The highest BCUT2D eigenvalue weighted by Crippen LogP contribution is 2.26. The predicted octanol–water partition coefficient (Wildman–Crippen LogP) is 4.23. The molecule has 0 saturated carbocycles. The number of aromatic nitrogens is 1. The predicted molar refractivity (Wildman–Crippen MR) is 102 cm³/mol. The normalized spacial score (nSPS) is 20.1. The fourth-order valence-corrected chi connectivity index (χ4v) is 3.81. The number of aryl methyl sites for hydroxylation is 1. The minimum atomic E-state index is -0.138. The van der Waals surface area contributed by atoms with Crippen LogP contribution in [0.15, 0.2) is 30.5 Å². The Morgan fingerprint density at radius 2 is 2.12 bits per heavy atom. The summed E-state index contributed by atoms with van der Waals surface area (Å²) in [6, 6.07) is 9.10. The van der Waals surface area contributed by atoms with E-state index < -0.39 is 0 Å². The van der Waals surface area contributed by atoms with Gasteiger partial charge in [0.25, 0.3) is 0 Å². The average molecular weight is 342 g/mol. The zero-order valence-electron chi connectivity index (χ0n) is 15.8. The number of carbonyl (C=O) groups is 1. The van der Waals surface area contributed by atoms with Crippen LogP contribution in [0.25, 0.3) is 10.9 Å². The molecule has 1 aliphatic rings. The Hall–Kier alpha value is -1.81. The first-order valence-corrected chi connectivity index (χ1v) is 9.37. The van der Waals surface area contributed by atoms with Crippen LogP contribution in [-0.2, 0) is 16.0 Å². The summed E-state index contributed by atoms with van der Waals surface area (Å²) in [4.78, 5) is 12.4. The summed E-state index contributed by atoms with van der Waals surface area (Å²) >= 11 is 0. The molecule has 1 aliphatic heterocycles. The number of amides is 1. The van der Waals surface area contributed by atoms with E-state index >= 15 is 0 Å². The number of nitrogens with one attached hydrogen (secondary N) is 1. The van der Waals surface area contributed by atoms with E-state index in [1.807, 2.05) is 0 Å². The molecule has 4 heteroatoms. The largest absolute Gasteiger partial charge is 0.375 e. The standard InChI is InChI=1S/C21H30N2O2/c1-15(2)23-14-16(18-7-5-6-8-19(18)23)9-10-20(24)22-17-11-12-25-21(3,4)13-17/h5-8,14-15,17H,9-13H2,1-4H3,(H,22,24)/t17-/m1/s1. The van der Waals surface area contributed by atoms with Gasteiger partial charge in [-0.3, -0.25) is 4.79 Å². The Labute approximate surface area is 150 Å². The molecule has 2 aromatic rings. The molecule has 0 aliphatic carbocycles. The number of nitrogens with zero attached hydrogens (tertiary/aromatic N) is 1. The summed E-state index contributed by atoms with van der Waals surface area (Å²) in [6.45, 7) is 9.28. The second kappa shape index (κ2) is 7.20. The number of benzene rings is 1. The highest BCUT2D eigenvalue weighted by Gasteiger charge is 2.29. The van der Waals surface area contributed by atoms with Crippen molar-refractivity contribution >= 4 is 16.8 Å². The summed E-state index contributed by atoms with van der Waals surface area (Å²) in [5.74, 6) is 0.143. The fraction of sp³-hybridized carbons (Fsp3) is 0.571. The molecule has 0 radical (unpaired) electrons. The van der Waals surface area contributed by atoms with Crippen molar-refractivity contribution < 1.29 is 9.53 Å². The number of ether oxygens (including phenoxy) is 1. The van der Waals surface area contributed by atoms with Gasteiger partial charge in [0.1, 0.15) is 0 Å². The van der Waals surface area contributed by atoms with Gasteiger partial charge in [-0.05, 0) is 58.6 Å². The molecule has 1 N–H and O–H groups in total. The molecule has 1 amide bonds. The van der Waals surface area contributed by atoms with Crippen molar-refractivity contribution in [3.63, 3.8) is 0 Å². The molecule has 0 spiro atoms. The van der Waals surface area contributed by atoms with Gasteiger partial charge in [0, 0.05) is 42.2 Å². The first kappa shape index (κ1) is 18.0. The summed E-state index contributed by atoms with van der Waals surface area (Å²) < 4.78 is 8.02. The first-order chi connectivity index (χ1) is 11.9. The van der Waals surface area contributed by atoms with E-state index in [2.05, 4.69) is 68.0 Å². The SMILES string of the molecule is CC(C)n1cc(CCC(=O)N[C@@H]2CCOC(C)(C)C2)c2ccccc21. The Morgan fingerprint density at radius 1 is 1.36 bits per heavy atom. The number of rotatable bonds is 5. The third-order valence-corrected chi connectivity index (χ3v) is 5.06. The first-order valence-electron chi connectivity index (χ1n) is 9.37. The number of hydrogen-bond acceptors (Lipinski definition) is 2. The Kier molecular flexibility index (Phi) is 5.19. The molecule has 2 heterocycles. The average Bonchev–Trinajstić information content (AvgIpc) is 2.91. The van der Waals surface area contributed by atoms with Crippen molar-refractivity contribution in [3.05, 3.63) is 36.0 Å². The van der Waals surface area contributed by atoms with Crippen molar-refractivity contribution in [2.75, 3.05) is 6.61 Å². The summed E-state index contributed by atoms with van der Waals surface area (Å²) in [5.41, 5.74) is 2.37. The van der Waals surface area contributed by atoms with Crippen LogP contribution in [0.2, 0.25) is 0 Å². The maximum absolute atomic E-state index is 12.4. The Morgan fingerprint density at radius 3 is 2.84 bits per heavy atom. The Balaban J connectivity index is 1.64. The second-order valence-corrected chi connectivity index (χ2v) is 8.04. The molecule has 1 atom stereocenters. The van der Waals surface area contributed by atoms with Crippen LogP contribution in [0, 0.1) is 0 Å². The molecule has 0 bridgehead atoms. The molecule has 25 heavy (non-hydrogen) atoms. The number of hydrogen-bond donors (Lipinski definition) is 1. The van der Waals surface area contributed by atoms with E-state index in [0.717, 1.165) is 25.9 Å². The van der Waals surface area contributed by atoms with Crippen molar-refractivity contribution in [1.82, 2.24) is 9.88 Å². The van der Waals surface area contributed by atoms with Crippen molar-refractivity contribution in [2.45, 2.75) is 71.1 Å². The fourth-order valence-electron chi connectivity index (χ4n) is 3.81. The van der Waals surface area contributed by atoms with Crippen LogP contribution in [0.4, 0.5) is 0 Å². The van der Waals surface area contributed by atoms with E-state index in [4.69, 9.17) is 4.74 Å². The van der Waals surface area contributed by atoms with E-state index in [1.54, 1.807) is 0 Å². The van der Waals surface area contributed by atoms with Crippen molar-refractivity contribution in [3.8, 4) is 0 Å². The van der Waals surface area contributed by atoms with Gasteiger partial charge >= 0.3 is 0 Å². The second-order valence-electron chi connectivity index (χ2n) is 8.04. The van der Waals surface area contributed by atoms with Crippen LogP contribution < -0.4 is 5.32 Å². The number of para-hydroxylation sites is 1. The van der Waals surface area contributed by atoms with Gasteiger partial charge in [0.15, 0.2) is 0 Å². The monoisotopic (exact) mass is 342 g/mol. The van der Waals surface area contributed by atoms with E-state index in [9.17, 15) is 4.79 Å². The van der Waals surface area contributed by atoms with Crippen LogP contribution in [-0.4, -0.2) is 28.7 Å². The molecular weight excluding hydrogens is 312 g/mol. The molecular formula is C21H30N2O2. The summed E-state index contributed by atoms with van der Waals surface area (Å²) in [7, 11) is 0. The van der Waals surface area contributed by atoms with Crippen LogP contribution in [0.1, 0.15) is 58.6 Å². The van der Waals surface area contributed by atoms with Gasteiger partial charge in [-0.2, -0.15) is 0 Å². The lowest BCUT2D eigenvalue weighted by molar-refractivity contribution is -0.124. The van der Waals surface area contributed by atoms with Crippen molar-refractivity contribution in [1.29, 1.82) is 0 Å². The summed E-state index contributed by atoms with van der Waals surface area (Å²) in [5, 5.41) is 4.46. The molecule has 136 valence electrons. The minimum absolute atomic E-state index is 0.138. The molecule has 0 unspecified atom stereocenters. The lowest BCUT2D eigenvalue weighted by atomic mass is 9.94. The van der Waals surface area contributed by atoms with Crippen LogP contribution in [0.5, 0.6) is 0 Å². The van der Waals surface area contributed by atoms with Gasteiger partial charge in [0.2, 0.25) is 5.91 Å². The molecule has 4 nitrogen and oxygen atoms in total. The smallest absolute Gasteiger partial charge is 0.220 e. The molecule has 3 rings (SSSR count). The number of fused-ring (bicyclic) bond motifs is 1. The highest BCUT2D eigenvalue weighted by atomic mass is 16.5. The van der Waals surface area contributed by atoms with Crippen molar-refractivity contribution in [2.24, 2.45) is 0 Å². The van der Waals surface area contributed by atoms with E-state index in [-0.39, 0.29) is 17.6 Å². The molecule has 1 aromatic heterocycles. The number of carbonyl (C=O) groups excluding carboxylic acids is 1. The van der Waals surface area contributed by atoms with Gasteiger partial charge in [-0.15, -0.1) is 0 Å². The molecule has 1 aromatic carbocycles. The maximum atomic E-state index is 12.4. The molecule has 1 fully saturated rings. The van der Waals surface area contributed by atoms with E-state index in [1.165, 1.54) is 16.5 Å². The van der Waals surface area contributed by atoms with E-state index in [0.29, 0.717) is 12.5 Å². The zero-order chi connectivity index (χ0) is 18.0. The van der Waals surface area contributed by atoms with Gasteiger partial charge in [-0.25, -0.2) is 0 Å². The van der Waals surface area contributed by atoms with Crippen LogP contribution >= 0.6 is 0 Å². The maximum Gasteiger partial charge on any atom is 0.220 e. The lowest BCUT2D eigenvalue weighted by Gasteiger charge is -2.35. The van der Waals surface area contributed by atoms with Gasteiger partial charge < -0.3 is 14.6 Å². The lowest BCUT2D eigenvalue weighted by Crippen LogP contribution is -2.45. The quantitative estimate of drug-likeness (QED) is 0.884. The van der Waals surface area contributed by atoms with Crippen LogP contribution in [0.3, 0.4) is 0 Å². The zero-order valence-corrected chi connectivity index (χ0v) is 15.8. The molecule has 1 saturated heterocycles. The minimum Gasteiger partial charge on any atom is -0.375 e. The van der Waals surface area contributed by atoms with Gasteiger partial charge in [-0.1, -0.05) is 18.2 Å². The third kappa shape index (κ3) is 4.24. The Bertz CT molecular complexity index is 745. The van der Waals surface area contributed by atoms with Gasteiger partial charge in [0.05, 0.1) is 5.60 Å². The topological polar surface area (TPSA) is 43.3 Å². The third-order valence-electron chi connectivity index (χ3n) is 5.06. The highest BCUT2D eigenvalue weighted by molar-refractivity contribution is 5.85. The summed E-state index contributed by atoms with van der Waals surface area (Å²) in [6.07, 6.45) is 5.30.